The third kappa shape index (κ3) is 8.81. The standard InChI is InChI=1S/C15H24N2O17P2.2Na/c18-3-5-8(20)10(22)12(24)14(32-5)33-36(28,29)34-35(26,27)30-4-6-9(21)11(23)13(31-6)17-2-1-7(19)16-15(17)25;;/h1-2,5-6,8-14,18,20-24H,3-4H2,(H,26,27)(H,28,29)(H,16,19,25);;/q;;+1/p-1. The Hall–Kier alpha value is 0.620. The van der Waals surface area contributed by atoms with Crippen LogP contribution in [-0.4, -0.2) is 137 Å². The van der Waals surface area contributed by atoms with Crippen molar-refractivity contribution in [1.29, 1.82) is 0 Å². The maximum absolute atomic E-state index is 12.1. The molecule has 2 saturated heterocycles. The number of H-pyrrole nitrogens is 1. The molecule has 1 aromatic rings. The molecule has 207 valence electrons. The number of phosphoric acid groups is 2. The fourth-order valence-electron chi connectivity index (χ4n) is 3.34. The van der Waals surface area contributed by atoms with Crippen LogP contribution in [0.5, 0.6) is 0 Å². The van der Waals surface area contributed by atoms with Crippen molar-refractivity contribution in [2.45, 2.75) is 55.2 Å². The largest absolute Gasteiger partial charge is 1.00 e. The molecule has 1 radical (unpaired) electrons. The first-order valence-electron chi connectivity index (χ1n) is 9.97. The number of nitrogens with one attached hydrogen (secondary N) is 1. The zero-order valence-electron chi connectivity index (χ0n) is 19.8. The van der Waals surface area contributed by atoms with Crippen LogP contribution in [-0.2, 0) is 32.0 Å². The number of nitrogens with zero attached hydrogens (tertiary/aromatic N) is 1. The molecule has 0 spiro atoms. The maximum atomic E-state index is 12.1. The molecule has 8 N–H and O–H groups in total. The van der Waals surface area contributed by atoms with E-state index in [2.05, 4.69) is 13.4 Å². The van der Waals surface area contributed by atoms with Gasteiger partial charge in [-0.25, -0.2) is 13.7 Å². The molecular formula is C15H23N2Na2O17P2. The predicted molar refractivity (Wildman–Crippen MR) is 112 cm³/mol. The molecule has 0 bridgehead atoms. The summed E-state index contributed by atoms with van der Waals surface area (Å²) in [5.41, 5.74) is -1.77. The van der Waals surface area contributed by atoms with Gasteiger partial charge in [-0.15, -0.1) is 0 Å². The van der Waals surface area contributed by atoms with E-state index >= 15 is 0 Å². The van der Waals surface area contributed by atoms with E-state index in [-0.39, 0.29) is 59.1 Å². The second kappa shape index (κ2) is 14.7. The maximum Gasteiger partial charge on any atom is 1.00 e. The van der Waals surface area contributed by atoms with E-state index < -0.39 is 95.4 Å². The van der Waals surface area contributed by atoms with Crippen LogP contribution in [0.4, 0.5) is 0 Å². The number of phosphoric ester groups is 2. The Morgan fingerprint density at radius 3 is 2.18 bits per heavy atom. The summed E-state index contributed by atoms with van der Waals surface area (Å²) in [6.45, 7) is -2.00. The number of hydrogen-bond donors (Lipinski definition) is 8. The summed E-state index contributed by atoms with van der Waals surface area (Å²) in [6.07, 6.45) is -15.6. The summed E-state index contributed by atoms with van der Waals surface area (Å²) in [4.78, 5) is 46.7. The van der Waals surface area contributed by atoms with Crippen molar-refractivity contribution in [3.05, 3.63) is 33.1 Å². The number of aromatic amines is 1. The van der Waals surface area contributed by atoms with Crippen LogP contribution in [0.3, 0.4) is 0 Å². The molecule has 2 aliphatic heterocycles. The van der Waals surface area contributed by atoms with Gasteiger partial charge in [-0.3, -0.25) is 23.4 Å². The fraction of sp³-hybridized carbons (Fsp3) is 0.733. The predicted octanol–water partition coefficient (Wildman–Crippen LogP) is -8.80. The zero-order valence-corrected chi connectivity index (χ0v) is 25.6. The molecule has 1 aromatic heterocycles. The van der Waals surface area contributed by atoms with E-state index in [1.165, 1.54) is 0 Å². The SMILES string of the molecule is O=c1ccn(C2OC(COP(=O)([O-])OP(=O)(O)OC3OC(CO)C(O)C(O)C3O)C(O)C2O)c(=O)[nH]1.[Na+].[Na]. The van der Waals surface area contributed by atoms with E-state index in [4.69, 9.17) is 14.6 Å². The molecule has 3 rings (SSSR count). The van der Waals surface area contributed by atoms with Crippen LogP contribution < -0.4 is 45.7 Å². The molecule has 2 aliphatic rings. The average molecular weight is 611 g/mol. The molecule has 0 aliphatic carbocycles. The summed E-state index contributed by atoms with van der Waals surface area (Å²) < 4.78 is 47.6. The third-order valence-electron chi connectivity index (χ3n) is 5.15. The summed E-state index contributed by atoms with van der Waals surface area (Å²) >= 11 is 0. The number of aromatic nitrogens is 2. The van der Waals surface area contributed by atoms with Gasteiger partial charge in [0.25, 0.3) is 13.4 Å². The van der Waals surface area contributed by atoms with Gasteiger partial charge < -0.3 is 54.4 Å². The first-order chi connectivity index (χ1) is 16.7. The first-order valence-corrected chi connectivity index (χ1v) is 12.9. The van der Waals surface area contributed by atoms with E-state index in [9.17, 15) is 54.0 Å². The van der Waals surface area contributed by atoms with Crippen LogP contribution in [0.15, 0.2) is 21.9 Å². The van der Waals surface area contributed by atoms with Gasteiger partial charge in [-0.05, 0) is 0 Å². The summed E-state index contributed by atoms with van der Waals surface area (Å²) in [6, 6.07) is 0.918. The van der Waals surface area contributed by atoms with Crippen LogP contribution in [0.2, 0.25) is 0 Å². The molecular weight excluding hydrogens is 588 g/mol. The number of ether oxygens (including phenoxy) is 2. The van der Waals surface area contributed by atoms with Crippen LogP contribution in [0.1, 0.15) is 6.23 Å². The van der Waals surface area contributed by atoms with Gasteiger partial charge >= 0.3 is 43.1 Å². The van der Waals surface area contributed by atoms with Crippen molar-refractivity contribution >= 4 is 45.2 Å². The van der Waals surface area contributed by atoms with Gasteiger partial charge in [0.15, 0.2) is 12.5 Å². The minimum absolute atomic E-state index is 0. The molecule has 11 atom stereocenters. The van der Waals surface area contributed by atoms with Crippen molar-refractivity contribution in [3.8, 4) is 0 Å². The second-order valence-corrected chi connectivity index (χ2v) is 10.6. The first kappa shape index (κ1) is 36.6. The molecule has 19 nitrogen and oxygen atoms in total. The second-order valence-electron chi connectivity index (χ2n) is 7.66. The molecule has 11 unspecified atom stereocenters. The van der Waals surface area contributed by atoms with Crippen molar-refractivity contribution in [3.63, 3.8) is 0 Å². The molecule has 0 saturated carbocycles. The van der Waals surface area contributed by atoms with Gasteiger partial charge in [0.2, 0.25) is 0 Å². The summed E-state index contributed by atoms with van der Waals surface area (Å²) in [5, 5.41) is 58.5. The van der Waals surface area contributed by atoms with Crippen LogP contribution in [0.25, 0.3) is 0 Å². The van der Waals surface area contributed by atoms with Crippen molar-refractivity contribution in [1.82, 2.24) is 9.55 Å². The molecule has 3 heterocycles. The van der Waals surface area contributed by atoms with Crippen LogP contribution >= 0.6 is 15.6 Å². The quantitative estimate of drug-likeness (QED) is 0.0949. The summed E-state index contributed by atoms with van der Waals surface area (Å²) in [7, 11) is -11.4. The van der Waals surface area contributed by atoms with Gasteiger partial charge in [0.1, 0.15) is 42.7 Å². The Labute approximate surface area is 256 Å². The Kier molecular flexibility index (Phi) is 14.2. The van der Waals surface area contributed by atoms with E-state index in [0.29, 0.717) is 4.57 Å². The minimum atomic E-state index is -5.73. The molecule has 38 heavy (non-hydrogen) atoms. The van der Waals surface area contributed by atoms with Crippen molar-refractivity contribution in [2.75, 3.05) is 13.2 Å². The topological polar surface area (TPSA) is 300 Å². The molecule has 23 heteroatoms. The van der Waals surface area contributed by atoms with E-state index in [0.717, 1.165) is 12.3 Å². The number of aliphatic hydroxyl groups excluding tert-OH is 6. The number of aliphatic hydroxyl groups is 6. The van der Waals surface area contributed by atoms with Gasteiger partial charge in [-0.1, -0.05) is 0 Å². The molecule has 2 fully saturated rings. The number of hydrogen-bond acceptors (Lipinski definition) is 16. The Bertz CT molecular complexity index is 1140. The molecule has 0 aromatic carbocycles. The normalized spacial score (nSPS) is 36.4. The van der Waals surface area contributed by atoms with Gasteiger partial charge in [0, 0.05) is 41.8 Å². The average Bonchev–Trinajstić information content (AvgIpc) is 3.06. The fourth-order valence-corrected chi connectivity index (χ4v) is 5.46. The summed E-state index contributed by atoms with van der Waals surface area (Å²) in [5.74, 6) is 0. The van der Waals surface area contributed by atoms with E-state index in [1.54, 1.807) is 0 Å². The zero-order chi connectivity index (χ0) is 27.0. The molecule has 0 amide bonds. The van der Waals surface area contributed by atoms with Crippen LogP contribution in [0, 0.1) is 0 Å². The Balaban J connectivity index is 0.00000361. The monoisotopic (exact) mass is 611 g/mol. The van der Waals surface area contributed by atoms with Gasteiger partial charge in [-0.2, -0.15) is 0 Å². The number of rotatable bonds is 9. The van der Waals surface area contributed by atoms with E-state index in [1.807, 2.05) is 4.98 Å². The van der Waals surface area contributed by atoms with Crippen molar-refractivity contribution in [2.24, 2.45) is 0 Å². The van der Waals surface area contributed by atoms with Crippen molar-refractivity contribution < 1.29 is 102 Å². The third-order valence-corrected chi connectivity index (χ3v) is 7.71. The van der Waals surface area contributed by atoms with Gasteiger partial charge in [0.05, 0.1) is 13.2 Å². The Morgan fingerprint density at radius 2 is 1.61 bits per heavy atom. The minimum Gasteiger partial charge on any atom is -0.756 e. The smallest absolute Gasteiger partial charge is 0.756 e. The Morgan fingerprint density at radius 1 is 1.00 bits per heavy atom.